The molecule has 2 unspecified atom stereocenters. The largest absolute Gasteiger partial charge is 0.488 e. The van der Waals surface area contributed by atoms with Crippen LogP contribution in [0.3, 0.4) is 0 Å². The molecule has 14 heavy (non-hydrogen) atoms. The van der Waals surface area contributed by atoms with Crippen molar-refractivity contribution in [3.63, 3.8) is 0 Å². The fraction of sp³-hybridized carbons (Fsp3) is 0.333. The first-order valence-corrected chi connectivity index (χ1v) is 5.68. The van der Waals surface area contributed by atoms with Crippen molar-refractivity contribution in [2.75, 3.05) is 0 Å². The number of hydrogen-bond donors (Lipinski definition) is 0. The SMILES string of the molecule is Cc1cc(Br)c2c(c1)C1C=CCC1O2. The standard InChI is InChI=1S/C12H11BrO/c1-7-5-9-8-3-2-4-11(8)14-12(9)10(13)6-7/h2-3,5-6,8,11H,4H2,1H3. The van der Waals surface area contributed by atoms with Crippen molar-refractivity contribution in [1.29, 1.82) is 0 Å². The van der Waals surface area contributed by atoms with Crippen molar-refractivity contribution in [2.24, 2.45) is 0 Å². The molecule has 0 spiro atoms. The van der Waals surface area contributed by atoms with Gasteiger partial charge in [0.25, 0.3) is 0 Å². The second kappa shape index (κ2) is 2.86. The van der Waals surface area contributed by atoms with Crippen LogP contribution in [-0.2, 0) is 0 Å². The second-order valence-corrected chi connectivity index (χ2v) is 4.87. The van der Waals surface area contributed by atoms with E-state index in [4.69, 9.17) is 4.74 Å². The van der Waals surface area contributed by atoms with Crippen molar-refractivity contribution in [3.8, 4) is 5.75 Å². The number of hydrogen-bond acceptors (Lipinski definition) is 1. The van der Waals surface area contributed by atoms with Gasteiger partial charge >= 0.3 is 0 Å². The first kappa shape index (κ1) is 8.54. The molecule has 1 aromatic rings. The van der Waals surface area contributed by atoms with Gasteiger partial charge in [-0.25, -0.2) is 0 Å². The van der Waals surface area contributed by atoms with Crippen LogP contribution in [0.25, 0.3) is 0 Å². The van der Waals surface area contributed by atoms with Gasteiger partial charge in [-0.15, -0.1) is 0 Å². The molecule has 1 heterocycles. The molecule has 2 aliphatic rings. The maximum absolute atomic E-state index is 5.91. The molecule has 1 aliphatic heterocycles. The number of benzene rings is 1. The van der Waals surface area contributed by atoms with E-state index in [1.807, 2.05) is 0 Å². The molecule has 1 aliphatic carbocycles. The van der Waals surface area contributed by atoms with E-state index in [1.54, 1.807) is 0 Å². The van der Waals surface area contributed by atoms with E-state index in [0.717, 1.165) is 16.6 Å². The normalized spacial score (nSPS) is 27.3. The summed E-state index contributed by atoms with van der Waals surface area (Å²) in [5, 5.41) is 0. The average Bonchev–Trinajstić information content (AvgIpc) is 2.65. The number of rotatable bonds is 0. The van der Waals surface area contributed by atoms with Crippen LogP contribution < -0.4 is 4.74 Å². The summed E-state index contributed by atoms with van der Waals surface area (Å²) in [6, 6.07) is 4.35. The van der Waals surface area contributed by atoms with E-state index in [-0.39, 0.29) is 0 Å². The monoisotopic (exact) mass is 250 g/mol. The van der Waals surface area contributed by atoms with Crippen molar-refractivity contribution in [2.45, 2.75) is 25.4 Å². The number of ether oxygens (including phenoxy) is 1. The van der Waals surface area contributed by atoms with Crippen LogP contribution in [0.2, 0.25) is 0 Å². The molecule has 0 radical (unpaired) electrons. The molecule has 2 atom stereocenters. The van der Waals surface area contributed by atoms with E-state index < -0.39 is 0 Å². The Morgan fingerprint density at radius 2 is 2.29 bits per heavy atom. The Bertz CT molecular complexity index is 423. The lowest BCUT2D eigenvalue weighted by Gasteiger charge is -2.07. The van der Waals surface area contributed by atoms with Gasteiger partial charge in [-0.1, -0.05) is 18.2 Å². The molecule has 0 bridgehead atoms. The Kier molecular flexibility index (Phi) is 1.75. The van der Waals surface area contributed by atoms with Crippen LogP contribution in [0.15, 0.2) is 28.8 Å². The highest BCUT2D eigenvalue weighted by Crippen LogP contribution is 2.47. The van der Waals surface area contributed by atoms with Gasteiger partial charge in [0.15, 0.2) is 0 Å². The van der Waals surface area contributed by atoms with Gasteiger partial charge < -0.3 is 4.74 Å². The molecule has 3 rings (SSSR count). The summed E-state index contributed by atoms with van der Waals surface area (Å²) < 4.78 is 7.00. The van der Waals surface area contributed by atoms with E-state index in [9.17, 15) is 0 Å². The highest BCUT2D eigenvalue weighted by molar-refractivity contribution is 9.10. The average molecular weight is 251 g/mol. The lowest BCUT2D eigenvalue weighted by Crippen LogP contribution is -2.11. The number of fused-ring (bicyclic) bond motifs is 3. The van der Waals surface area contributed by atoms with Crippen molar-refractivity contribution in [1.82, 2.24) is 0 Å². The molecule has 0 N–H and O–H groups in total. The third-order valence-corrected chi connectivity index (χ3v) is 3.55. The van der Waals surface area contributed by atoms with Crippen LogP contribution in [0.4, 0.5) is 0 Å². The van der Waals surface area contributed by atoms with Gasteiger partial charge in [0.1, 0.15) is 11.9 Å². The summed E-state index contributed by atoms with van der Waals surface area (Å²) >= 11 is 3.56. The van der Waals surface area contributed by atoms with E-state index in [0.29, 0.717) is 12.0 Å². The Labute approximate surface area is 91.9 Å². The van der Waals surface area contributed by atoms with Gasteiger partial charge in [-0.2, -0.15) is 0 Å². The fourth-order valence-corrected chi connectivity index (χ4v) is 3.02. The summed E-state index contributed by atoms with van der Waals surface area (Å²) in [4.78, 5) is 0. The number of halogens is 1. The zero-order valence-electron chi connectivity index (χ0n) is 7.96. The lowest BCUT2D eigenvalue weighted by atomic mass is 9.97. The smallest absolute Gasteiger partial charge is 0.137 e. The minimum atomic E-state index is 0.350. The molecule has 2 heteroatoms. The van der Waals surface area contributed by atoms with Crippen LogP contribution in [0, 0.1) is 6.92 Å². The molecule has 0 saturated carbocycles. The van der Waals surface area contributed by atoms with Crippen LogP contribution in [-0.4, -0.2) is 6.10 Å². The highest BCUT2D eigenvalue weighted by atomic mass is 79.9. The minimum Gasteiger partial charge on any atom is -0.488 e. The van der Waals surface area contributed by atoms with E-state index >= 15 is 0 Å². The molecular weight excluding hydrogens is 240 g/mol. The first-order valence-electron chi connectivity index (χ1n) is 4.89. The summed E-state index contributed by atoms with van der Waals surface area (Å²) in [5.41, 5.74) is 2.64. The predicted octanol–water partition coefficient (Wildman–Crippen LogP) is 3.56. The van der Waals surface area contributed by atoms with Gasteiger partial charge in [0.05, 0.1) is 4.47 Å². The van der Waals surface area contributed by atoms with Gasteiger partial charge in [-0.05, 0) is 34.5 Å². The van der Waals surface area contributed by atoms with Crippen molar-refractivity contribution >= 4 is 15.9 Å². The molecule has 0 aromatic heterocycles. The highest BCUT2D eigenvalue weighted by Gasteiger charge is 2.35. The third-order valence-electron chi connectivity index (χ3n) is 2.96. The van der Waals surface area contributed by atoms with E-state index in [2.05, 4.69) is 47.1 Å². The Morgan fingerprint density at radius 3 is 3.14 bits per heavy atom. The quantitative estimate of drug-likeness (QED) is 0.640. The molecule has 0 saturated heterocycles. The number of aryl methyl sites for hydroxylation is 1. The lowest BCUT2D eigenvalue weighted by molar-refractivity contribution is 0.231. The van der Waals surface area contributed by atoms with Crippen LogP contribution in [0.5, 0.6) is 5.75 Å². The third kappa shape index (κ3) is 1.07. The summed E-state index contributed by atoms with van der Waals surface area (Å²) in [7, 11) is 0. The van der Waals surface area contributed by atoms with Gasteiger partial charge in [-0.3, -0.25) is 0 Å². The second-order valence-electron chi connectivity index (χ2n) is 4.01. The van der Waals surface area contributed by atoms with Gasteiger partial charge in [0.2, 0.25) is 0 Å². The Balaban J connectivity index is 2.19. The summed E-state index contributed by atoms with van der Waals surface area (Å²) in [5.74, 6) is 1.54. The first-order chi connectivity index (χ1) is 6.75. The molecule has 1 aromatic carbocycles. The molecule has 0 amide bonds. The predicted molar refractivity (Wildman–Crippen MR) is 59.8 cm³/mol. The maximum Gasteiger partial charge on any atom is 0.137 e. The molecule has 0 fully saturated rings. The molecule has 72 valence electrons. The zero-order valence-corrected chi connectivity index (χ0v) is 9.54. The topological polar surface area (TPSA) is 9.23 Å². The van der Waals surface area contributed by atoms with Crippen molar-refractivity contribution in [3.05, 3.63) is 39.9 Å². The van der Waals surface area contributed by atoms with Gasteiger partial charge in [0, 0.05) is 17.9 Å². The fourth-order valence-electron chi connectivity index (χ4n) is 2.33. The summed E-state index contributed by atoms with van der Waals surface area (Å²) in [6.07, 6.45) is 5.88. The van der Waals surface area contributed by atoms with Crippen LogP contribution in [0.1, 0.15) is 23.5 Å². The Hall–Kier alpha value is -0.760. The molecular formula is C12H11BrO. The Morgan fingerprint density at radius 1 is 1.43 bits per heavy atom. The maximum atomic E-state index is 5.91. The van der Waals surface area contributed by atoms with Crippen molar-refractivity contribution < 1.29 is 4.74 Å². The summed E-state index contributed by atoms with van der Waals surface area (Å²) in [6.45, 7) is 2.12. The van der Waals surface area contributed by atoms with Crippen LogP contribution >= 0.6 is 15.9 Å². The zero-order chi connectivity index (χ0) is 9.71. The van der Waals surface area contributed by atoms with E-state index in [1.165, 1.54) is 11.1 Å². The minimum absolute atomic E-state index is 0.350. The molecule has 1 nitrogen and oxygen atoms in total.